The summed E-state index contributed by atoms with van der Waals surface area (Å²) in [5, 5.41) is 5.48. The van der Waals surface area contributed by atoms with E-state index in [2.05, 4.69) is 17.6 Å². The lowest BCUT2D eigenvalue weighted by molar-refractivity contribution is -0.121. The van der Waals surface area contributed by atoms with Gasteiger partial charge in [-0.3, -0.25) is 9.59 Å². The van der Waals surface area contributed by atoms with Crippen molar-refractivity contribution in [2.24, 2.45) is 5.92 Å². The molecule has 2 N–H and O–H groups in total. The van der Waals surface area contributed by atoms with E-state index < -0.39 is 0 Å². The minimum atomic E-state index is -0.133. The number of nitrogens with one attached hydrogen (secondary N) is 2. The highest BCUT2D eigenvalue weighted by molar-refractivity contribution is 5.94. The summed E-state index contributed by atoms with van der Waals surface area (Å²) in [6.45, 7) is 2.63. The van der Waals surface area contributed by atoms with Gasteiger partial charge in [-0.15, -0.1) is 0 Å². The second-order valence-corrected chi connectivity index (χ2v) is 6.68. The van der Waals surface area contributed by atoms with Crippen LogP contribution in [0, 0.1) is 5.92 Å². The number of hydrogen-bond acceptors (Lipinski definition) is 3. The van der Waals surface area contributed by atoms with E-state index in [-0.39, 0.29) is 11.8 Å². The van der Waals surface area contributed by atoms with Crippen LogP contribution in [0.3, 0.4) is 0 Å². The Morgan fingerprint density at radius 3 is 2.76 bits per heavy atom. The molecule has 1 fully saturated rings. The predicted molar refractivity (Wildman–Crippen MR) is 95.2 cm³/mol. The van der Waals surface area contributed by atoms with Crippen LogP contribution in [-0.4, -0.2) is 18.9 Å². The van der Waals surface area contributed by atoms with Gasteiger partial charge in [-0.05, 0) is 42.2 Å². The zero-order valence-corrected chi connectivity index (χ0v) is 14.7. The molecular weight excluding hydrogens is 316 g/mol. The Bertz CT molecular complexity index is 766. The van der Waals surface area contributed by atoms with Crippen molar-refractivity contribution >= 4 is 11.8 Å². The lowest BCUT2D eigenvalue weighted by Crippen LogP contribution is -2.23. The van der Waals surface area contributed by atoms with Crippen molar-refractivity contribution in [1.82, 2.24) is 10.6 Å². The first kappa shape index (κ1) is 17.3. The highest BCUT2D eigenvalue weighted by atomic mass is 16.3. The fraction of sp³-hybridized carbons (Fsp3) is 0.400. The summed E-state index contributed by atoms with van der Waals surface area (Å²) >= 11 is 0. The van der Waals surface area contributed by atoms with E-state index in [1.165, 1.54) is 6.42 Å². The van der Waals surface area contributed by atoms with Crippen LogP contribution >= 0.6 is 0 Å². The molecule has 0 bridgehead atoms. The maximum Gasteiger partial charge on any atom is 0.251 e. The van der Waals surface area contributed by atoms with Crippen LogP contribution in [0.15, 0.2) is 40.8 Å². The first-order valence-electron chi connectivity index (χ1n) is 8.73. The topological polar surface area (TPSA) is 71.3 Å². The molecule has 1 aromatic carbocycles. The lowest BCUT2D eigenvalue weighted by Gasteiger charge is -2.06. The van der Waals surface area contributed by atoms with Gasteiger partial charge in [0.1, 0.15) is 11.5 Å². The van der Waals surface area contributed by atoms with Crippen molar-refractivity contribution in [2.45, 2.75) is 38.6 Å². The van der Waals surface area contributed by atoms with E-state index >= 15 is 0 Å². The standard InChI is InChI=1S/C20H24N2O3/c1-13-10-17(13)18-8-6-16(25-18)7-9-19(23)22-12-14-4-3-5-15(11-14)20(24)21-2/h3-6,8,11,13,17H,7,9-10,12H2,1-2H3,(H,21,24)(H,22,23)/t13-,17-/m1/s1. The van der Waals surface area contributed by atoms with E-state index in [0.717, 1.165) is 17.1 Å². The number of furan rings is 1. The van der Waals surface area contributed by atoms with Crippen LogP contribution in [0.5, 0.6) is 0 Å². The molecule has 0 spiro atoms. The van der Waals surface area contributed by atoms with E-state index in [4.69, 9.17) is 4.42 Å². The van der Waals surface area contributed by atoms with Crippen molar-refractivity contribution in [2.75, 3.05) is 7.05 Å². The Hall–Kier alpha value is -2.56. The summed E-state index contributed by atoms with van der Waals surface area (Å²) in [7, 11) is 1.60. The van der Waals surface area contributed by atoms with Gasteiger partial charge in [-0.2, -0.15) is 0 Å². The highest BCUT2D eigenvalue weighted by Gasteiger charge is 2.36. The van der Waals surface area contributed by atoms with E-state index in [0.29, 0.717) is 36.8 Å². The molecule has 1 aromatic heterocycles. The molecule has 1 saturated carbocycles. The molecule has 3 rings (SSSR count). The predicted octanol–water partition coefficient (Wildman–Crippen LogP) is 3.01. The summed E-state index contributed by atoms with van der Waals surface area (Å²) < 4.78 is 5.82. The second-order valence-electron chi connectivity index (χ2n) is 6.68. The molecule has 25 heavy (non-hydrogen) atoms. The zero-order chi connectivity index (χ0) is 17.8. The van der Waals surface area contributed by atoms with Crippen molar-refractivity contribution in [3.63, 3.8) is 0 Å². The van der Waals surface area contributed by atoms with Gasteiger partial charge in [-0.1, -0.05) is 19.1 Å². The monoisotopic (exact) mass is 340 g/mol. The maximum absolute atomic E-state index is 12.0. The highest BCUT2D eigenvalue weighted by Crippen LogP contribution is 2.47. The lowest BCUT2D eigenvalue weighted by atomic mass is 10.1. The molecule has 2 aromatic rings. The third-order valence-corrected chi connectivity index (χ3v) is 4.66. The quantitative estimate of drug-likeness (QED) is 0.814. The Balaban J connectivity index is 1.45. The Morgan fingerprint density at radius 1 is 1.24 bits per heavy atom. The Morgan fingerprint density at radius 2 is 2.04 bits per heavy atom. The van der Waals surface area contributed by atoms with Gasteiger partial charge < -0.3 is 15.1 Å². The molecule has 2 atom stereocenters. The largest absolute Gasteiger partial charge is 0.466 e. The first-order valence-corrected chi connectivity index (χ1v) is 8.73. The molecule has 0 radical (unpaired) electrons. The van der Waals surface area contributed by atoms with E-state index in [9.17, 15) is 9.59 Å². The van der Waals surface area contributed by atoms with Crippen molar-refractivity contribution in [3.8, 4) is 0 Å². The summed E-state index contributed by atoms with van der Waals surface area (Å²) in [6.07, 6.45) is 2.19. The minimum Gasteiger partial charge on any atom is -0.466 e. The van der Waals surface area contributed by atoms with Gasteiger partial charge in [0.25, 0.3) is 5.91 Å². The van der Waals surface area contributed by atoms with Gasteiger partial charge in [0, 0.05) is 37.9 Å². The third kappa shape index (κ3) is 4.50. The van der Waals surface area contributed by atoms with Gasteiger partial charge in [-0.25, -0.2) is 0 Å². The number of hydrogen-bond donors (Lipinski definition) is 2. The van der Waals surface area contributed by atoms with Gasteiger partial charge in [0.05, 0.1) is 0 Å². The maximum atomic E-state index is 12.0. The van der Waals surface area contributed by atoms with Crippen LogP contribution < -0.4 is 10.6 Å². The number of carbonyl (C=O) groups is 2. The second kappa shape index (κ2) is 7.55. The number of benzene rings is 1. The smallest absolute Gasteiger partial charge is 0.251 e. The molecule has 2 amide bonds. The van der Waals surface area contributed by atoms with Crippen molar-refractivity contribution in [3.05, 3.63) is 59.0 Å². The summed E-state index contributed by atoms with van der Waals surface area (Å²) in [4.78, 5) is 23.7. The normalized spacial score (nSPS) is 18.6. The fourth-order valence-corrected chi connectivity index (χ4v) is 2.94. The number of rotatable bonds is 7. The van der Waals surface area contributed by atoms with Crippen molar-refractivity contribution in [1.29, 1.82) is 0 Å². The molecule has 5 nitrogen and oxygen atoms in total. The SMILES string of the molecule is CNC(=O)c1cccc(CNC(=O)CCc2ccc([C@@H]3C[C@H]3C)o2)c1. The summed E-state index contributed by atoms with van der Waals surface area (Å²) in [6, 6.07) is 11.2. The number of amides is 2. The molecule has 1 heterocycles. The zero-order valence-electron chi connectivity index (χ0n) is 14.7. The molecule has 0 aliphatic heterocycles. The van der Waals surface area contributed by atoms with E-state index in [1.807, 2.05) is 24.3 Å². The first-order chi connectivity index (χ1) is 12.1. The number of carbonyl (C=O) groups excluding carboxylic acids is 2. The van der Waals surface area contributed by atoms with Crippen LogP contribution in [0.4, 0.5) is 0 Å². The van der Waals surface area contributed by atoms with Gasteiger partial charge in [0.15, 0.2) is 0 Å². The van der Waals surface area contributed by atoms with Crippen LogP contribution in [0.1, 0.15) is 53.1 Å². The fourth-order valence-electron chi connectivity index (χ4n) is 2.94. The molecule has 132 valence electrons. The average molecular weight is 340 g/mol. The molecule has 1 aliphatic rings. The van der Waals surface area contributed by atoms with Crippen molar-refractivity contribution < 1.29 is 14.0 Å². The van der Waals surface area contributed by atoms with Crippen LogP contribution in [-0.2, 0) is 17.8 Å². The Kier molecular flexibility index (Phi) is 5.22. The Labute approximate surface area is 147 Å². The molecule has 0 unspecified atom stereocenters. The number of aryl methyl sites for hydroxylation is 1. The molecule has 5 heteroatoms. The minimum absolute atomic E-state index is 0.0249. The van der Waals surface area contributed by atoms with Gasteiger partial charge in [0.2, 0.25) is 5.91 Å². The van der Waals surface area contributed by atoms with Crippen LogP contribution in [0.25, 0.3) is 0 Å². The molecule has 1 aliphatic carbocycles. The molecule has 0 saturated heterocycles. The van der Waals surface area contributed by atoms with E-state index in [1.54, 1.807) is 19.2 Å². The summed E-state index contributed by atoms with van der Waals surface area (Å²) in [5.74, 6) is 3.04. The average Bonchev–Trinajstić information content (AvgIpc) is 3.18. The summed E-state index contributed by atoms with van der Waals surface area (Å²) in [5.41, 5.74) is 1.49. The third-order valence-electron chi connectivity index (χ3n) is 4.66. The molecular formula is C20H24N2O3. The van der Waals surface area contributed by atoms with Crippen LogP contribution in [0.2, 0.25) is 0 Å². The van der Waals surface area contributed by atoms with Gasteiger partial charge >= 0.3 is 0 Å².